The van der Waals surface area contributed by atoms with E-state index in [0.29, 0.717) is 6.61 Å². The molecule has 68 valence electrons. The van der Waals surface area contributed by atoms with Gasteiger partial charge in [-0.25, -0.2) is 0 Å². The summed E-state index contributed by atoms with van der Waals surface area (Å²) in [4.78, 5) is 2.26. The Morgan fingerprint density at radius 1 is 1.27 bits per heavy atom. The SMILES string of the molecule is CC.OCCN1CCNCC1. The van der Waals surface area contributed by atoms with E-state index < -0.39 is 0 Å². The van der Waals surface area contributed by atoms with Crippen LogP contribution in [0.2, 0.25) is 0 Å². The minimum absolute atomic E-state index is 0.292. The van der Waals surface area contributed by atoms with E-state index in [1.54, 1.807) is 0 Å². The molecular formula is C8H20N2O. The van der Waals surface area contributed by atoms with E-state index in [-0.39, 0.29) is 0 Å². The number of aliphatic hydroxyl groups excluding tert-OH is 1. The second kappa shape index (κ2) is 7.98. The molecule has 0 radical (unpaired) electrons. The van der Waals surface area contributed by atoms with Gasteiger partial charge in [0.2, 0.25) is 0 Å². The summed E-state index contributed by atoms with van der Waals surface area (Å²) in [6, 6.07) is 0. The number of hydrogen-bond acceptors (Lipinski definition) is 3. The third-order valence-electron chi connectivity index (χ3n) is 1.63. The zero-order valence-electron chi connectivity index (χ0n) is 7.64. The standard InChI is InChI=1S/C6H14N2O.C2H6/c9-6-5-8-3-1-7-2-4-8;1-2/h7,9H,1-6H2;1-2H3. The second-order valence-electron chi connectivity index (χ2n) is 2.32. The molecule has 1 heterocycles. The summed E-state index contributed by atoms with van der Waals surface area (Å²) in [5, 5.41) is 11.8. The van der Waals surface area contributed by atoms with Crippen molar-refractivity contribution in [2.75, 3.05) is 39.3 Å². The molecule has 2 N–H and O–H groups in total. The van der Waals surface area contributed by atoms with Crippen molar-refractivity contribution in [1.29, 1.82) is 0 Å². The zero-order chi connectivity index (χ0) is 8.53. The van der Waals surface area contributed by atoms with Crippen LogP contribution >= 0.6 is 0 Å². The number of β-amino-alcohol motifs (C(OH)–C–C–N with tert-alkyl or cyclic N) is 1. The van der Waals surface area contributed by atoms with Gasteiger partial charge in [-0.1, -0.05) is 13.8 Å². The Hall–Kier alpha value is -0.120. The van der Waals surface area contributed by atoms with Gasteiger partial charge in [0.25, 0.3) is 0 Å². The first-order valence-corrected chi connectivity index (χ1v) is 4.47. The van der Waals surface area contributed by atoms with Gasteiger partial charge in [0, 0.05) is 32.7 Å². The largest absolute Gasteiger partial charge is 0.395 e. The lowest BCUT2D eigenvalue weighted by atomic mass is 10.4. The van der Waals surface area contributed by atoms with Gasteiger partial charge in [0.05, 0.1) is 6.61 Å². The molecule has 0 spiro atoms. The molecule has 1 aliphatic heterocycles. The van der Waals surface area contributed by atoms with Crippen LogP contribution in [-0.4, -0.2) is 49.3 Å². The van der Waals surface area contributed by atoms with Crippen molar-refractivity contribution in [3.05, 3.63) is 0 Å². The zero-order valence-corrected chi connectivity index (χ0v) is 7.64. The van der Waals surface area contributed by atoms with Crippen molar-refractivity contribution in [1.82, 2.24) is 10.2 Å². The van der Waals surface area contributed by atoms with Crippen molar-refractivity contribution in [3.8, 4) is 0 Å². The normalized spacial score (nSPS) is 18.8. The highest BCUT2D eigenvalue weighted by atomic mass is 16.3. The van der Waals surface area contributed by atoms with E-state index >= 15 is 0 Å². The number of aliphatic hydroxyl groups is 1. The van der Waals surface area contributed by atoms with Crippen LogP contribution in [0.15, 0.2) is 0 Å². The Morgan fingerprint density at radius 2 is 1.82 bits per heavy atom. The van der Waals surface area contributed by atoms with Crippen LogP contribution in [0, 0.1) is 0 Å². The van der Waals surface area contributed by atoms with E-state index in [1.807, 2.05) is 13.8 Å². The molecule has 0 bridgehead atoms. The first-order valence-electron chi connectivity index (χ1n) is 4.47. The summed E-state index contributed by atoms with van der Waals surface area (Å²) >= 11 is 0. The number of nitrogens with one attached hydrogen (secondary N) is 1. The fourth-order valence-corrected chi connectivity index (χ4v) is 1.08. The molecule has 0 aromatic rings. The smallest absolute Gasteiger partial charge is 0.0558 e. The maximum Gasteiger partial charge on any atom is 0.0558 e. The van der Waals surface area contributed by atoms with E-state index in [4.69, 9.17) is 5.11 Å². The second-order valence-corrected chi connectivity index (χ2v) is 2.32. The lowest BCUT2D eigenvalue weighted by molar-refractivity contribution is 0.180. The highest BCUT2D eigenvalue weighted by Gasteiger charge is 2.06. The predicted molar refractivity (Wildman–Crippen MR) is 47.7 cm³/mol. The van der Waals surface area contributed by atoms with Crippen LogP contribution in [0.25, 0.3) is 0 Å². The van der Waals surface area contributed by atoms with E-state index in [2.05, 4.69) is 10.2 Å². The summed E-state index contributed by atoms with van der Waals surface area (Å²) in [6.07, 6.45) is 0. The van der Waals surface area contributed by atoms with Crippen LogP contribution in [0.1, 0.15) is 13.8 Å². The Kier molecular flexibility index (Phi) is 7.89. The molecule has 1 aliphatic rings. The lowest BCUT2D eigenvalue weighted by Crippen LogP contribution is -2.44. The Labute approximate surface area is 69.4 Å². The molecule has 3 nitrogen and oxygen atoms in total. The fraction of sp³-hybridized carbons (Fsp3) is 1.00. The average Bonchev–Trinajstić information content (AvgIpc) is 2.11. The minimum Gasteiger partial charge on any atom is -0.395 e. The topological polar surface area (TPSA) is 35.5 Å². The third-order valence-corrected chi connectivity index (χ3v) is 1.63. The van der Waals surface area contributed by atoms with Crippen molar-refractivity contribution >= 4 is 0 Å². The summed E-state index contributed by atoms with van der Waals surface area (Å²) in [7, 11) is 0. The average molecular weight is 160 g/mol. The molecule has 0 atom stereocenters. The van der Waals surface area contributed by atoms with Crippen LogP contribution in [-0.2, 0) is 0 Å². The molecule has 0 aromatic carbocycles. The van der Waals surface area contributed by atoms with Crippen molar-refractivity contribution in [2.45, 2.75) is 13.8 Å². The predicted octanol–water partition coefficient (Wildman–Crippen LogP) is -0.0899. The van der Waals surface area contributed by atoms with Gasteiger partial charge in [0.15, 0.2) is 0 Å². The van der Waals surface area contributed by atoms with Gasteiger partial charge in [-0.05, 0) is 0 Å². The van der Waals surface area contributed by atoms with E-state index in [0.717, 1.165) is 32.7 Å². The maximum atomic E-state index is 8.56. The Morgan fingerprint density at radius 3 is 2.27 bits per heavy atom. The van der Waals surface area contributed by atoms with Crippen LogP contribution in [0.4, 0.5) is 0 Å². The van der Waals surface area contributed by atoms with E-state index in [1.165, 1.54) is 0 Å². The summed E-state index contributed by atoms with van der Waals surface area (Å²) < 4.78 is 0. The molecule has 1 fully saturated rings. The van der Waals surface area contributed by atoms with Gasteiger partial charge < -0.3 is 10.4 Å². The Balaban J connectivity index is 0.000000461. The molecule has 0 aromatic heterocycles. The number of piperazine rings is 1. The van der Waals surface area contributed by atoms with Gasteiger partial charge in [-0.2, -0.15) is 0 Å². The summed E-state index contributed by atoms with van der Waals surface area (Å²) in [5.41, 5.74) is 0. The maximum absolute atomic E-state index is 8.56. The van der Waals surface area contributed by atoms with Crippen molar-refractivity contribution in [2.24, 2.45) is 0 Å². The molecule has 0 saturated carbocycles. The molecular weight excluding hydrogens is 140 g/mol. The highest BCUT2D eigenvalue weighted by Crippen LogP contribution is 1.88. The molecule has 0 unspecified atom stereocenters. The molecule has 11 heavy (non-hydrogen) atoms. The highest BCUT2D eigenvalue weighted by molar-refractivity contribution is 4.66. The molecule has 0 aliphatic carbocycles. The summed E-state index contributed by atoms with van der Waals surface area (Å²) in [6.45, 7) is 9.43. The molecule has 1 saturated heterocycles. The fourth-order valence-electron chi connectivity index (χ4n) is 1.08. The van der Waals surface area contributed by atoms with Crippen molar-refractivity contribution < 1.29 is 5.11 Å². The first kappa shape index (κ1) is 10.9. The van der Waals surface area contributed by atoms with Crippen LogP contribution in [0.3, 0.4) is 0 Å². The van der Waals surface area contributed by atoms with Crippen molar-refractivity contribution in [3.63, 3.8) is 0 Å². The van der Waals surface area contributed by atoms with Gasteiger partial charge in [0.1, 0.15) is 0 Å². The van der Waals surface area contributed by atoms with Gasteiger partial charge >= 0.3 is 0 Å². The molecule has 1 rings (SSSR count). The molecule has 3 heteroatoms. The minimum atomic E-state index is 0.292. The first-order chi connectivity index (χ1) is 5.43. The number of rotatable bonds is 2. The van der Waals surface area contributed by atoms with Gasteiger partial charge in [-0.15, -0.1) is 0 Å². The number of nitrogens with zero attached hydrogens (tertiary/aromatic N) is 1. The van der Waals surface area contributed by atoms with E-state index in [9.17, 15) is 0 Å². The third kappa shape index (κ3) is 5.18. The van der Waals surface area contributed by atoms with Gasteiger partial charge in [-0.3, -0.25) is 4.90 Å². The Bertz CT molecular complexity index is 69.7. The van der Waals surface area contributed by atoms with Crippen LogP contribution < -0.4 is 5.32 Å². The quantitative estimate of drug-likeness (QED) is 0.592. The molecule has 0 amide bonds. The monoisotopic (exact) mass is 160 g/mol. The lowest BCUT2D eigenvalue weighted by Gasteiger charge is -2.25. The number of hydrogen-bond donors (Lipinski definition) is 2. The summed E-state index contributed by atoms with van der Waals surface area (Å²) in [5.74, 6) is 0. The van der Waals surface area contributed by atoms with Crippen LogP contribution in [0.5, 0.6) is 0 Å².